The van der Waals surface area contributed by atoms with Crippen LogP contribution in [0.5, 0.6) is 0 Å². The summed E-state index contributed by atoms with van der Waals surface area (Å²) < 4.78 is 0. The normalized spacial score (nSPS) is 19.3. The summed E-state index contributed by atoms with van der Waals surface area (Å²) in [6.07, 6.45) is 5.45. The minimum Gasteiger partial charge on any atom is -0.295 e. The fourth-order valence-corrected chi connectivity index (χ4v) is 1.94. The highest BCUT2D eigenvalue weighted by atomic mass is 16.2. The van der Waals surface area contributed by atoms with Crippen LogP contribution < -0.4 is 5.32 Å². The van der Waals surface area contributed by atoms with Gasteiger partial charge in [0.25, 0.3) is 5.91 Å². The molecule has 1 rings (SSSR count). The molecule has 0 aromatic heterocycles. The first kappa shape index (κ1) is 16.6. The lowest BCUT2D eigenvalue weighted by Gasteiger charge is -2.29. The fraction of sp³-hybridized carbons (Fsp3) is 0.333. The zero-order valence-electron chi connectivity index (χ0n) is 12.1. The second-order valence-corrected chi connectivity index (χ2v) is 4.67. The van der Waals surface area contributed by atoms with Crippen molar-refractivity contribution < 1.29 is 19.2 Å². The van der Waals surface area contributed by atoms with Crippen LogP contribution in [0.4, 0.5) is 0 Å². The molecule has 0 aromatic rings. The fourth-order valence-electron chi connectivity index (χ4n) is 1.94. The van der Waals surface area contributed by atoms with Crippen molar-refractivity contribution in [3.63, 3.8) is 0 Å². The SMILES string of the molecule is C=C(C)/C(=C\C=C/C)C(=O)N(C=O)C1CCC(=O)NC1=O. The zero-order chi connectivity index (χ0) is 16.0. The van der Waals surface area contributed by atoms with E-state index in [-0.39, 0.29) is 18.4 Å². The van der Waals surface area contributed by atoms with Crippen molar-refractivity contribution in [2.45, 2.75) is 32.7 Å². The van der Waals surface area contributed by atoms with Crippen LogP contribution in [-0.2, 0) is 19.2 Å². The minimum atomic E-state index is -0.971. The molecule has 0 spiro atoms. The second-order valence-electron chi connectivity index (χ2n) is 4.67. The van der Waals surface area contributed by atoms with Gasteiger partial charge in [0.05, 0.1) is 0 Å². The van der Waals surface area contributed by atoms with E-state index in [0.717, 1.165) is 4.90 Å². The maximum atomic E-state index is 12.4. The number of carbonyl (C=O) groups excluding carboxylic acids is 4. The molecule has 0 aromatic carbocycles. The van der Waals surface area contributed by atoms with E-state index in [1.54, 1.807) is 26.0 Å². The van der Waals surface area contributed by atoms with Crippen molar-refractivity contribution in [3.05, 3.63) is 36.0 Å². The number of rotatable bonds is 5. The Balaban J connectivity index is 3.05. The molecule has 4 amide bonds. The summed E-state index contributed by atoms with van der Waals surface area (Å²) in [5, 5.41) is 2.12. The molecule has 1 atom stereocenters. The average molecular weight is 290 g/mol. The Bertz CT molecular complexity index is 546. The molecule has 1 fully saturated rings. The summed E-state index contributed by atoms with van der Waals surface area (Å²) in [5.74, 6) is -1.65. The van der Waals surface area contributed by atoms with E-state index >= 15 is 0 Å². The summed E-state index contributed by atoms with van der Waals surface area (Å²) in [5.41, 5.74) is 0.724. The first-order chi connectivity index (χ1) is 9.92. The molecular formula is C15H18N2O4. The minimum absolute atomic E-state index is 0.0923. The predicted octanol–water partition coefficient (Wildman–Crippen LogP) is 0.855. The molecule has 1 N–H and O–H groups in total. The molecule has 112 valence electrons. The number of amides is 4. The Hall–Kier alpha value is -2.50. The van der Waals surface area contributed by atoms with Gasteiger partial charge in [-0.05, 0) is 31.9 Å². The van der Waals surface area contributed by atoms with Gasteiger partial charge in [0.15, 0.2) is 0 Å². The first-order valence-electron chi connectivity index (χ1n) is 6.52. The monoisotopic (exact) mass is 290 g/mol. The highest BCUT2D eigenvalue weighted by Crippen LogP contribution is 2.17. The Labute approximate surface area is 123 Å². The van der Waals surface area contributed by atoms with E-state index in [1.807, 2.05) is 0 Å². The number of nitrogens with zero attached hydrogens (tertiary/aromatic N) is 1. The van der Waals surface area contributed by atoms with E-state index in [1.165, 1.54) is 6.08 Å². The Kier molecular flexibility index (Phi) is 5.78. The summed E-state index contributed by atoms with van der Waals surface area (Å²) in [6.45, 7) is 7.13. The lowest BCUT2D eigenvalue weighted by Crippen LogP contribution is -2.54. The molecular weight excluding hydrogens is 272 g/mol. The third-order valence-electron chi connectivity index (χ3n) is 3.04. The zero-order valence-corrected chi connectivity index (χ0v) is 12.1. The number of hydrogen-bond donors (Lipinski definition) is 1. The second kappa shape index (κ2) is 7.33. The van der Waals surface area contributed by atoms with Crippen molar-refractivity contribution in [1.82, 2.24) is 10.2 Å². The third kappa shape index (κ3) is 3.98. The number of piperidine rings is 1. The Morgan fingerprint density at radius 3 is 2.57 bits per heavy atom. The standard InChI is InChI=1S/C15H18N2O4/c1-4-5-6-11(10(2)3)15(21)17(9-18)12-7-8-13(19)16-14(12)20/h4-6,9,12H,2,7-8H2,1,3H3,(H,16,19,20)/b5-4-,11-6+. The molecule has 0 aliphatic carbocycles. The van der Waals surface area contributed by atoms with Gasteiger partial charge in [-0.2, -0.15) is 0 Å². The van der Waals surface area contributed by atoms with E-state index < -0.39 is 23.8 Å². The van der Waals surface area contributed by atoms with Gasteiger partial charge in [0.1, 0.15) is 6.04 Å². The number of allylic oxidation sites excluding steroid dienone is 3. The number of nitrogens with one attached hydrogen (secondary N) is 1. The molecule has 0 radical (unpaired) electrons. The van der Waals surface area contributed by atoms with Gasteiger partial charge in [0, 0.05) is 12.0 Å². The summed E-state index contributed by atoms with van der Waals surface area (Å²) >= 11 is 0. The topological polar surface area (TPSA) is 83.6 Å². The molecule has 1 saturated heterocycles. The molecule has 1 heterocycles. The van der Waals surface area contributed by atoms with Crippen LogP contribution in [0.25, 0.3) is 0 Å². The summed E-state index contributed by atoms with van der Waals surface area (Å²) in [4.78, 5) is 47.4. The van der Waals surface area contributed by atoms with Crippen LogP contribution in [0.3, 0.4) is 0 Å². The van der Waals surface area contributed by atoms with Crippen molar-refractivity contribution in [2.24, 2.45) is 0 Å². The van der Waals surface area contributed by atoms with Crippen molar-refractivity contribution in [2.75, 3.05) is 0 Å². The van der Waals surface area contributed by atoms with Gasteiger partial charge < -0.3 is 0 Å². The van der Waals surface area contributed by atoms with E-state index in [9.17, 15) is 19.2 Å². The van der Waals surface area contributed by atoms with E-state index in [2.05, 4.69) is 11.9 Å². The molecule has 1 unspecified atom stereocenters. The van der Waals surface area contributed by atoms with Gasteiger partial charge >= 0.3 is 0 Å². The molecule has 0 bridgehead atoms. The van der Waals surface area contributed by atoms with Gasteiger partial charge in [-0.25, -0.2) is 0 Å². The van der Waals surface area contributed by atoms with Crippen LogP contribution in [-0.4, -0.2) is 35.1 Å². The van der Waals surface area contributed by atoms with Crippen LogP contribution >= 0.6 is 0 Å². The smallest absolute Gasteiger partial charge is 0.261 e. The number of imide groups is 2. The molecule has 1 aliphatic rings. The van der Waals surface area contributed by atoms with Crippen LogP contribution in [0.15, 0.2) is 36.0 Å². The van der Waals surface area contributed by atoms with Gasteiger partial charge in [-0.15, -0.1) is 0 Å². The van der Waals surface area contributed by atoms with Crippen LogP contribution in [0.1, 0.15) is 26.7 Å². The quantitative estimate of drug-likeness (QED) is 0.352. The van der Waals surface area contributed by atoms with Gasteiger partial charge in [-0.3, -0.25) is 29.4 Å². The summed E-state index contributed by atoms with van der Waals surface area (Å²) in [7, 11) is 0. The largest absolute Gasteiger partial charge is 0.295 e. The lowest BCUT2D eigenvalue weighted by molar-refractivity contribution is -0.148. The van der Waals surface area contributed by atoms with Crippen molar-refractivity contribution in [3.8, 4) is 0 Å². The molecule has 0 saturated carbocycles. The Morgan fingerprint density at radius 2 is 2.10 bits per heavy atom. The van der Waals surface area contributed by atoms with Crippen molar-refractivity contribution in [1.29, 1.82) is 0 Å². The number of hydrogen-bond acceptors (Lipinski definition) is 4. The first-order valence-corrected chi connectivity index (χ1v) is 6.52. The molecule has 6 heteroatoms. The third-order valence-corrected chi connectivity index (χ3v) is 3.04. The lowest BCUT2D eigenvalue weighted by atomic mass is 10.0. The molecule has 21 heavy (non-hydrogen) atoms. The highest BCUT2D eigenvalue weighted by molar-refractivity contribution is 6.08. The Morgan fingerprint density at radius 1 is 1.43 bits per heavy atom. The maximum Gasteiger partial charge on any atom is 0.261 e. The van der Waals surface area contributed by atoms with E-state index in [0.29, 0.717) is 12.0 Å². The molecule has 6 nitrogen and oxygen atoms in total. The molecule has 1 aliphatic heterocycles. The summed E-state index contributed by atoms with van der Waals surface area (Å²) in [6, 6.07) is -0.971. The van der Waals surface area contributed by atoms with E-state index in [4.69, 9.17) is 0 Å². The highest BCUT2D eigenvalue weighted by Gasteiger charge is 2.35. The van der Waals surface area contributed by atoms with Crippen LogP contribution in [0, 0.1) is 0 Å². The predicted molar refractivity (Wildman–Crippen MR) is 76.8 cm³/mol. The van der Waals surface area contributed by atoms with Gasteiger partial charge in [-0.1, -0.05) is 18.7 Å². The van der Waals surface area contributed by atoms with Crippen molar-refractivity contribution >= 4 is 24.1 Å². The average Bonchev–Trinajstić information content (AvgIpc) is 2.42. The van der Waals surface area contributed by atoms with Crippen LogP contribution in [0.2, 0.25) is 0 Å². The maximum absolute atomic E-state index is 12.4. The van der Waals surface area contributed by atoms with Gasteiger partial charge in [0.2, 0.25) is 18.2 Å². The number of carbonyl (C=O) groups is 4.